The summed E-state index contributed by atoms with van der Waals surface area (Å²) in [6.07, 6.45) is 4.83. The number of hydrogen-bond acceptors (Lipinski definition) is 5. The minimum atomic E-state index is -0.794. The summed E-state index contributed by atoms with van der Waals surface area (Å²) < 4.78 is 5.02. The fraction of sp³-hybridized carbons (Fsp3) is 0.471. The summed E-state index contributed by atoms with van der Waals surface area (Å²) >= 11 is 0. The van der Waals surface area contributed by atoms with E-state index in [0.29, 0.717) is 30.0 Å². The Kier molecular flexibility index (Phi) is 4.17. The second kappa shape index (κ2) is 6.12. The van der Waals surface area contributed by atoms with Gasteiger partial charge in [-0.1, -0.05) is 11.2 Å². The normalized spacial score (nSPS) is 18.9. The maximum atomic E-state index is 12.8. The number of hydrogen-bond donors (Lipinski definition) is 1. The van der Waals surface area contributed by atoms with E-state index in [9.17, 15) is 9.90 Å². The molecule has 0 aliphatic carbocycles. The predicted octanol–water partition coefficient (Wildman–Crippen LogP) is 2.36. The first-order valence-corrected chi connectivity index (χ1v) is 7.84. The fourth-order valence-electron chi connectivity index (χ4n) is 2.98. The van der Waals surface area contributed by atoms with Gasteiger partial charge in [-0.25, -0.2) is 0 Å². The molecule has 1 aliphatic heterocycles. The number of aliphatic hydroxyl groups is 1. The number of amides is 1. The Morgan fingerprint density at radius 2 is 2.26 bits per heavy atom. The molecule has 6 heteroatoms. The van der Waals surface area contributed by atoms with Crippen molar-refractivity contribution in [2.75, 3.05) is 13.1 Å². The summed E-state index contributed by atoms with van der Waals surface area (Å²) in [6.45, 7) is 4.81. The number of aromatic nitrogens is 2. The van der Waals surface area contributed by atoms with Crippen LogP contribution in [0, 0.1) is 5.92 Å². The van der Waals surface area contributed by atoms with Gasteiger partial charge in [0.1, 0.15) is 17.5 Å². The van der Waals surface area contributed by atoms with Gasteiger partial charge in [-0.15, -0.1) is 0 Å². The van der Waals surface area contributed by atoms with E-state index in [-0.39, 0.29) is 11.8 Å². The van der Waals surface area contributed by atoms with Crippen molar-refractivity contribution in [3.8, 4) is 11.4 Å². The first-order valence-electron chi connectivity index (χ1n) is 7.84. The van der Waals surface area contributed by atoms with Crippen LogP contribution in [0.25, 0.3) is 11.4 Å². The van der Waals surface area contributed by atoms with Crippen LogP contribution in [0.2, 0.25) is 0 Å². The van der Waals surface area contributed by atoms with Crippen molar-refractivity contribution in [3.63, 3.8) is 0 Å². The highest BCUT2D eigenvalue weighted by atomic mass is 16.5. The van der Waals surface area contributed by atoms with Crippen molar-refractivity contribution in [3.05, 3.63) is 36.2 Å². The molecule has 1 aliphatic rings. The quantitative estimate of drug-likeness (QED) is 0.940. The van der Waals surface area contributed by atoms with Gasteiger partial charge in [0.2, 0.25) is 0 Å². The maximum Gasteiger partial charge on any atom is 0.259 e. The van der Waals surface area contributed by atoms with Crippen LogP contribution in [0.1, 0.15) is 37.0 Å². The summed E-state index contributed by atoms with van der Waals surface area (Å²) in [5, 5.41) is 14.2. The highest BCUT2D eigenvalue weighted by Crippen LogP contribution is 2.29. The lowest BCUT2D eigenvalue weighted by atomic mass is 9.84. The van der Waals surface area contributed by atoms with Crippen LogP contribution in [-0.4, -0.2) is 44.7 Å². The average Bonchev–Trinajstić information content (AvgIpc) is 3.04. The van der Waals surface area contributed by atoms with Crippen LogP contribution >= 0.6 is 0 Å². The molecule has 0 bridgehead atoms. The Bertz CT molecular complexity index is 676. The molecule has 1 atom stereocenters. The van der Waals surface area contributed by atoms with E-state index in [4.69, 9.17) is 4.52 Å². The van der Waals surface area contributed by atoms with Crippen molar-refractivity contribution >= 4 is 5.91 Å². The monoisotopic (exact) mass is 315 g/mol. The Morgan fingerprint density at radius 1 is 1.43 bits per heavy atom. The summed E-state index contributed by atoms with van der Waals surface area (Å²) in [5.41, 5.74) is 0.693. The Morgan fingerprint density at radius 3 is 2.96 bits per heavy atom. The molecule has 3 heterocycles. The van der Waals surface area contributed by atoms with Gasteiger partial charge in [-0.3, -0.25) is 9.78 Å². The number of carbonyl (C=O) groups excluding carboxylic acids is 1. The van der Waals surface area contributed by atoms with Gasteiger partial charge >= 0.3 is 0 Å². The first kappa shape index (κ1) is 15.7. The maximum absolute atomic E-state index is 12.8. The lowest BCUT2D eigenvalue weighted by Crippen LogP contribution is -2.47. The zero-order chi connectivity index (χ0) is 16.4. The molecule has 0 saturated carbocycles. The Labute approximate surface area is 135 Å². The molecule has 3 rings (SSSR count). The standard InChI is InChI=1S/C17H21N3O3/c1-17(2,22)12-6-5-9-20(10-12)16(21)13-11-23-19-15(13)14-7-3-4-8-18-14/h3-4,7-8,11-12,22H,5-6,9-10H2,1-2H3. The van der Waals surface area contributed by atoms with Crippen molar-refractivity contribution in [2.24, 2.45) is 5.92 Å². The molecule has 1 fully saturated rings. The second-order valence-electron chi connectivity index (χ2n) is 6.54. The van der Waals surface area contributed by atoms with E-state index in [1.54, 1.807) is 31.0 Å². The average molecular weight is 315 g/mol. The second-order valence-corrected chi connectivity index (χ2v) is 6.54. The molecule has 23 heavy (non-hydrogen) atoms. The van der Waals surface area contributed by atoms with E-state index in [1.165, 1.54) is 6.26 Å². The molecule has 1 unspecified atom stereocenters. The lowest BCUT2D eigenvalue weighted by Gasteiger charge is -2.38. The minimum Gasteiger partial charge on any atom is -0.390 e. The number of carbonyl (C=O) groups is 1. The molecule has 6 nitrogen and oxygen atoms in total. The van der Waals surface area contributed by atoms with Gasteiger partial charge in [0.25, 0.3) is 5.91 Å². The third-order valence-electron chi connectivity index (χ3n) is 4.42. The third-order valence-corrected chi connectivity index (χ3v) is 4.42. The van der Waals surface area contributed by atoms with Crippen molar-refractivity contribution in [1.82, 2.24) is 15.0 Å². The molecule has 0 radical (unpaired) electrons. The van der Waals surface area contributed by atoms with Gasteiger partial charge in [0, 0.05) is 25.2 Å². The molecule has 0 spiro atoms. The third kappa shape index (κ3) is 3.27. The van der Waals surface area contributed by atoms with Crippen LogP contribution in [0.15, 0.2) is 35.2 Å². The molecule has 1 N–H and O–H groups in total. The topological polar surface area (TPSA) is 79.5 Å². The lowest BCUT2D eigenvalue weighted by molar-refractivity contribution is -0.0146. The number of rotatable bonds is 3. The van der Waals surface area contributed by atoms with E-state index >= 15 is 0 Å². The van der Waals surface area contributed by atoms with E-state index < -0.39 is 5.60 Å². The molecule has 1 amide bonds. The largest absolute Gasteiger partial charge is 0.390 e. The molecule has 122 valence electrons. The summed E-state index contributed by atoms with van der Waals surface area (Å²) in [6, 6.07) is 5.45. The van der Waals surface area contributed by atoms with Crippen molar-refractivity contribution in [2.45, 2.75) is 32.3 Å². The van der Waals surface area contributed by atoms with Gasteiger partial charge in [-0.05, 0) is 38.8 Å². The van der Waals surface area contributed by atoms with Crippen LogP contribution in [0.4, 0.5) is 0 Å². The van der Waals surface area contributed by atoms with Gasteiger partial charge in [0.15, 0.2) is 0 Å². The predicted molar refractivity (Wildman–Crippen MR) is 84.7 cm³/mol. The van der Waals surface area contributed by atoms with Gasteiger partial charge in [0.05, 0.1) is 11.3 Å². The first-order chi connectivity index (χ1) is 11.0. The van der Waals surface area contributed by atoms with Gasteiger partial charge < -0.3 is 14.5 Å². The minimum absolute atomic E-state index is 0.0679. The van der Waals surface area contributed by atoms with E-state index in [0.717, 1.165) is 12.8 Å². The number of likely N-dealkylation sites (tertiary alicyclic amines) is 1. The van der Waals surface area contributed by atoms with Crippen molar-refractivity contribution < 1.29 is 14.4 Å². The summed E-state index contributed by atoms with van der Waals surface area (Å²) in [4.78, 5) is 18.8. The molecule has 0 aromatic carbocycles. The Hall–Kier alpha value is -2.21. The smallest absolute Gasteiger partial charge is 0.259 e. The van der Waals surface area contributed by atoms with E-state index in [2.05, 4.69) is 10.1 Å². The van der Waals surface area contributed by atoms with E-state index in [1.807, 2.05) is 12.1 Å². The van der Waals surface area contributed by atoms with Crippen LogP contribution < -0.4 is 0 Å². The van der Waals surface area contributed by atoms with Crippen LogP contribution in [-0.2, 0) is 0 Å². The molecule has 1 saturated heterocycles. The number of pyridine rings is 1. The van der Waals surface area contributed by atoms with Gasteiger partial charge in [-0.2, -0.15) is 0 Å². The molecular weight excluding hydrogens is 294 g/mol. The molecule has 2 aromatic rings. The number of nitrogens with zero attached hydrogens (tertiary/aromatic N) is 3. The zero-order valence-electron chi connectivity index (χ0n) is 13.4. The SMILES string of the molecule is CC(C)(O)C1CCCN(C(=O)c2conc2-c2ccccn2)C1. The Balaban J connectivity index is 1.83. The number of piperidine rings is 1. The highest BCUT2D eigenvalue weighted by Gasteiger charge is 2.34. The molecular formula is C17H21N3O3. The molecule has 2 aromatic heterocycles. The summed E-state index contributed by atoms with van der Waals surface area (Å²) in [5.74, 6) is -0.0563. The zero-order valence-corrected chi connectivity index (χ0v) is 13.4. The van der Waals surface area contributed by atoms with Crippen LogP contribution in [0.5, 0.6) is 0 Å². The fourth-order valence-corrected chi connectivity index (χ4v) is 2.98. The van der Waals surface area contributed by atoms with Crippen molar-refractivity contribution in [1.29, 1.82) is 0 Å². The van der Waals surface area contributed by atoms with Crippen LogP contribution in [0.3, 0.4) is 0 Å². The summed E-state index contributed by atoms with van der Waals surface area (Å²) in [7, 11) is 0. The highest BCUT2D eigenvalue weighted by molar-refractivity contribution is 5.99.